The van der Waals surface area contributed by atoms with Crippen LogP contribution in [0.1, 0.15) is 25.5 Å². The highest BCUT2D eigenvalue weighted by Gasteiger charge is 2.05. The van der Waals surface area contributed by atoms with Crippen molar-refractivity contribution in [2.75, 3.05) is 23.9 Å². The number of aromatic nitrogens is 1. The molecule has 2 nitrogen and oxygen atoms in total. The molecule has 0 aliphatic rings. The maximum absolute atomic E-state index is 5.81. The SMILES string of the molecule is CCCCN(CCCl)c1ccnc(C)c1. The molecular weight excluding hydrogens is 208 g/mol. The van der Waals surface area contributed by atoms with Gasteiger partial charge < -0.3 is 4.90 Å². The molecule has 0 aliphatic heterocycles. The van der Waals surface area contributed by atoms with Gasteiger partial charge in [-0.2, -0.15) is 0 Å². The Morgan fingerprint density at radius 1 is 1.40 bits per heavy atom. The molecule has 0 radical (unpaired) electrons. The fraction of sp³-hybridized carbons (Fsp3) is 0.583. The Balaban J connectivity index is 2.69. The van der Waals surface area contributed by atoms with E-state index in [1.54, 1.807) is 0 Å². The Kier molecular flexibility index (Phi) is 5.48. The highest BCUT2D eigenvalue weighted by atomic mass is 35.5. The smallest absolute Gasteiger partial charge is 0.0400 e. The Morgan fingerprint density at radius 2 is 2.20 bits per heavy atom. The van der Waals surface area contributed by atoms with Gasteiger partial charge in [0.15, 0.2) is 0 Å². The van der Waals surface area contributed by atoms with Gasteiger partial charge in [0, 0.05) is 36.5 Å². The van der Waals surface area contributed by atoms with E-state index >= 15 is 0 Å². The number of anilines is 1. The number of unbranched alkanes of at least 4 members (excludes halogenated alkanes) is 1. The summed E-state index contributed by atoms with van der Waals surface area (Å²) in [5.74, 6) is 0.672. The van der Waals surface area contributed by atoms with E-state index in [9.17, 15) is 0 Å². The molecule has 1 aromatic heterocycles. The van der Waals surface area contributed by atoms with Crippen molar-refractivity contribution in [3.63, 3.8) is 0 Å². The van der Waals surface area contributed by atoms with E-state index in [1.165, 1.54) is 18.5 Å². The lowest BCUT2D eigenvalue weighted by molar-refractivity contribution is 0.733. The molecule has 0 fully saturated rings. The van der Waals surface area contributed by atoms with Crippen LogP contribution in [0.5, 0.6) is 0 Å². The van der Waals surface area contributed by atoms with E-state index in [-0.39, 0.29) is 0 Å². The summed E-state index contributed by atoms with van der Waals surface area (Å²) >= 11 is 5.81. The standard InChI is InChI=1S/C12H19ClN2/c1-3-4-8-15(9-6-13)12-5-7-14-11(2)10-12/h5,7,10H,3-4,6,8-9H2,1-2H3. The third-order valence-corrected chi connectivity index (χ3v) is 2.55. The number of hydrogen-bond donors (Lipinski definition) is 0. The Hall–Kier alpha value is -0.760. The fourth-order valence-electron chi connectivity index (χ4n) is 1.55. The molecule has 0 unspecified atom stereocenters. The lowest BCUT2D eigenvalue weighted by Gasteiger charge is -2.23. The van der Waals surface area contributed by atoms with Gasteiger partial charge in [-0.25, -0.2) is 0 Å². The van der Waals surface area contributed by atoms with Gasteiger partial charge in [-0.3, -0.25) is 4.98 Å². The molecule has 15 heavy (non-hydrogen) atoms. The number of aryl methyl sites for hydroxylation is 1. The molecular formula is C12H19ClN2. The second-order valence-corrected chi connectivity index (χ2v) is 4.06. The average Bonchev–Trinajstić information content (AvgIpc) is 2.24. The van der Waals surface area contributed by atoms with Crippen LogP contribution in [-0.4, -0.2) is 24.0 Å². The average molecular weight is 227 g/mol. The van der Waals surface area contributed by atoms with Crippen LogP contribution in [0, 0.1) is 6.92 Å². The Morgan fingerprint density at radius 3 is 2.80 bits per heavy atom. The second-order valence-electron chi connectivity index (χ2n) is 3.69. The molecule has 0 spiro atoms. The fourth-order valence-corrected chi connectivity index (χ4v) is 1.75. The topological polar surface area (TPSA) is 16.1 Å². The van der Waals surface area contributed by atoms with Gasteiger partial charge in [0.2, 0.25) is 0 Å². The summed E-state index contributed by atoms with van der Waals surface area (Å²) in [5, 5.41) is 0. The molecule has 0 bridgehead atoms. The predicted molar refractivity (Wildman–Crippen MR) is 66.8 cm³/mol. The van der Waals surface area contributed by atoms with Crippen molar-refractivity contribution in [3.8, 4) is 0 Å². The van der Waals surface area contributed by atoms with Gasteiger partial charge in [0.1, 0.15) is 0 Å². The molecule has 0 N–H and O–H groups in total. The number of pyridine rings is 1. The molecule has 1 heterocycles. The lowest BCUT2D eigenvalue weighted by Crippen LogP contribution is -2.26. The number of halogens is 1. The third kappa shape index (κ3) is 4.08. The third-order valence-electron chi connectivity index (χ3n) is 2.38. The summed E-state index contributed by atoms with van der Waals surface area (Å²) in [6.45, 7) is 6.20. The minimum atomic E-state index is 0.672. The normalized spacial score (nSPS) is 10.3. The van der Waals surface area contributed by atoms with Crippen molar-refractivity contribution in [1.29, 1.82) is 0 Å². The van der Waals surface area contributed by atoms with Crippen LogP contribution in [0.25, 0.3) is 0 Å². The summed E-state index contributed by atoms with van der Waals surface area (Å²) in [6, 6.07) is 4.16. The molecule has 0 aliphatic carbocycles. The van der Waals surface area contributed by atoms with Gasteiger partial charge >= 0.3 is 0 Å². The minimum absolute atomic E-state index is 0.672. The zero-order valence-electron chi connectivity index (χ0n) is 9.54. The van der Waals surface area contributed by atoms with Crippen LogP contribution in [0.2, 0.25) is 0 Å². The molecule has 0 saturated carbocycles. The first-order chi connectivity index (χ1) is 7.27. The van der Waals surface area contributed by atoms with Gasteiger partial charge in [-0.15, -0.1) is 11.6 Å². The number of alkyl halides is 1. The monoisotopic (exact) mass is 226 g/mol. The maximum atomic E-state index is 5.81. The van der Waals surface area contributed by atoms with E-state index in [2.05, 4.69) is 28.9 Å². The minimum Gasteiger partial charge on any atom is -0.370 e. The predicted octanol–water partition coefficient (Wildman–Crippen LogP) is 3.24. The van der Waals surface area contributed by atoms with Crippen LogP contribution < -0.4 is 4.90 Å². The molecule has 3 heteroatoms. The highest BCUT2D eigenvalue weighted by molar-refractivity contribution is 6.18. The first-order valence-electron chi connectivity index (χ1n) is 5.51. The van der Waals surface area contributed by atoms with Gasteiger partial charge in [0.25, 0.3) is 0 Å². The Labute approximate surface area is 97.3 Å². The first-order valence-corrected chi connectivity index (χ1v) is 6.05. The van der Waals surface area contributed by atoms with Crippen molar-refractivity contribution < 1.29 is 0 Å². The van der Waals surface area contributed by atoms with Gasteiger partial charge in [0.05, 0.1) is 0 Å². The number of rotatable bonds is 6. The van der Waals surface area contributed by atoms with Crippen LogP contribution in [-0.2, 0) is 0 Å². The highest BCUT2D eigenvalue weighted by Crippen LogP contribution is 2.15. The van der Waals surface area contributed by atoms with Crippen molar-refractivity contribution in [2.45, 2.75) is 26.7 Å². The number of nitrogens with zero attached hydrogens (tertiary/aromatic N) is 2. The molecule has 0 atom stereocenters. The van der Waals surface area contributed by atoms with Crippen molar-refractivity contribution in [2.24, 2.45) is 0 Å². The summed E-state index contributed by atoms with van der Waals surface area (Å²) < 4.78 is 0. The molecule has 0 amide bonds. The molecule has 1 aromatic rings. The quantitative estimate of drug-likeness (QED) is 0.693. The van der Waals surface area contributed by atoms with Crippen LogP contribution in [0.3, 0.4) is 0 Å². The summed E-state index contributed by atoms with van der Waals surface area (Å²) in [6.07, 6.45) is 4.28. The molecule has 1 rings (SSSR count). The maximum Gasteiger partial charge on any atom is 0.0400 e. The Bertz CT molecular complexity index is 289. The van der Waals surface area contributed by atoms with Crippen LogP contribution >= 0.6 is 11.6 Å². The van der Waals surface area contributed by atoms with Crippen molar-refractivity contribution >= 4 is 17.3 Å². The molecule has 84 valence electrons. The van der Waals surface area contributed by atoms with E-state index < -0.39 is 0 Å². The van der Waals surface area contributed by atoms with E-state index in [1.807, 2.05) is 13.1 Å². The molecule has 0 saturated heterocycles. The van der Waals surface area contributed by atoms with E-state index in [4.69, 9.17) is 11.6 Å². The number of hydrogen-bond acceptors (Lipinski definition) is 2. The molecule has 0 aromatic carbocycles. The van der Waals surface area contributed by atoms with Gasteiger partial charge in [-0.05, 0) is 25.5 Å². The summed E-state index contributed by atoms with van der Waals surface area (Å²) in [4.78, 5) is 6.53. The van der Waals surface area contributed by atoms with Gasteiger partial charge in [-0.1, -0.05) is 13.3 Å². The van der Waals surface area contributed by atoms with E-state index in [0.29, 0.717) is 5.88 Å². The van der Waals surface area contributed by atoms with Crippen molar-refractivity contribution in [1.82, 2.24) is 4.98 Å². The van der Waals surface area contributed by atoms with Crippen LogP contribution in [0.4, 0.5) is 5.69 Å². The zero-order chi connectivity index (χ0) is 11.1. The largest absolute Gasteiger partial charge is 0.370 e. The lowest BCUT2D eigenvalue weighted by atomic mass is 10.2. The first kappa shape index (κ1) is 12.3. The van der Waals surface area contributed by atoms with Crippen LogP contribution in [0.15, 0.2) is 18.3 Å². The zero-order valence-corrected chi connectivity index (χ0v) is 10.3. The van der Waals surface area contributed by atoms with Crippen molar-refractivity contribution in [3.05, 3.63) is 24.0 Å². The van der Waals surface area contributed by atoms with E-state index in [0.717, 1.165) is 18.8 Å². The summed E-state index contributed by atoms with van der Waals surface area (Å²) in [7, 11) is 0. The summed E-state index contributed by atoms with van der Waals surface area (Å²) in [5.41, 5.74) is 2.29. The second kappa shape index (κ2) is 6.67.